The van der Waals surface area contributed by atoms with Crippen LogP contribution in [-0.2, 0) is 6.54 Å². The van der Waals surface area contributed by atoms with E-state index in [2.05, 4.69) is 24.1 Å². The molecule has 1 aliphatic heterocycles. The number of thiazole rings is 1. The van der Waals surface area contributed by atoms with E-state index in [1.807, 2.05) is 11.3 Å². The lowest BCUT2D eigenvalue weighted by Gasteiger charge is -2.31. The van der Waals surface area contributed by atoms with E-state index in [0.29, 0.717) is 0 Å². The Hall–Kier alpha value is -0.610. The Morgan fingerprint density at radius 1 is 1.32 bits per heavy atom. The number of anilines is 1. The maximum atomic E-state index is 4.84. The van der Waals surface area contributed by atoms with E-state index in [1.165, 1.54) is 54.4 Å². The number of nitrogens with one attached hydrogen (secondary N) is 1. The van der Waals surface area contributed by atoms with Crippen molar-refractivity contribution in [3.05, 3.63) is 10.6 Å². The van der Waals surface area contributed by atoms with Crippen molar-refractivity contribution in [2.75, 3.05) is 18.0 Å². The first-order valence-corrected chi connectivity index (χ1v) is 8.55. The second kappa shape index (κ2) is 5.80. The highest BCUT2D eigenvalue weighted by Gasteiger charge is 2.37. The van der Waals surface area contributed by atoms with Gasteiger partial charge in [-0.05, 0) is 38.6 Å². The normalized spacial score (nSPS) is 26.7. The van der Waals surface area contributed by atoms with Crippen molar-refractivity contribution in [2.24, 2.45) is 5.92 Å². The summed E-state index contributed by atoms with van der Waals surface area (Å²) in [4.78, 5) is 8.86. The van der Waals surface area contributed by atoms with Crippen LogP contribution in [0.2, 0.25) is 0 Å². The van der Waals surface area contributed by atoms with Crippen LogP contribution in [0.25, 0.3) is 0 Å². The summed E-state index contributed by atoms with van der Waals surface area (Å²) >= 11 is 1.90. The van der Waals surface area contributed by atoms with Crippen molar-refractivity contribution >= 4 is 16.5 Å². The molecule has 1 aromatic heterocycles. The van der Waals surface area contributed by atoms with Crippen molar-refractivity contribution in [1.82, 2.24) is 10.3 Å². The van der Waals surface area contributed by atoms with Gasteiger partial charge in [-0.25, -0.2) is 4.98 Å². The monoisotopic (exact) mass is 279 g/mol. The molecule has 106 valence electrons. The first-order valence-electron chi connectivity index (χ1n) is 7.73. The molecule has 2 atom stereocenters. The fraction of sp³-hybridized carbons (Fsp3) is 0.800. The molecule has 19 heavy (non-hydrogen) atoms. The first kappa shape index (κ1) is 13.4. The lowest BCUT2D eigenvalue weighted by atomic mass is 9.85. The molecule has 2 unspecified atom stereocenters. The third-order valence-electron chi connectivity index (χ3n) is 4.67. The molecule has 1 aromatic rings. The molecule has 1 saturated carbocycles. The van der Waals surface area contributed by atoms with Crippen molar-refractivity contribution in [3.63, 3.8) is 0 Å². The molecule has 0 radical (unpaired) electrons. The van der Waals surface area contributed by atoms with E-state index < -0.39 is 0 Å². The van der Waals surface area contributed by atoms with Crippen LogP contribution in [0.3, 0.4) is 0 Å². The van der Waals surface area contributed by atoms with E-state index in [9.17, 15) is 0 Å². The minimum atomic E-state index is 0.784. The lowest BCUT2D eigenvalue weighted by molar-refractivity contribution is 0.342. The van der Waals surface area contributed by atoms with Crippen LogP contribution >= 0.6 is 11.3 Å². The minimum Gasteiger partial charge on any atom is -0.345 e. The molecule has 0 spiro atoms. The standard InChI is InChI=1S/C15H25N3S/c1-3-16-10-14-11(2)17-15(19-14)18-9-8-12-6-4-5-7-13(12)18/h12-13,16H,3-10H2,1-2H3. The van der Waals surface area contributed by atoms with Gasteiger partial charge in [0, 0.05) is 24.0 Å². The molecule has 1 saturated heterocycles. The number of nitrogens with zero attached hydrogens (tertiary/aromatic N) is 2. The molecule has 0 bridgehead atoms. The Labute approximate surface area is 120 Å². The van der Waals surface area contributed by atoms with Gasteiger partial charge in [-0.1, -0.05) is 19.8 Å². The highest BCUT2D eigenvalue weighted by atomic mass is 32.1. The SMILES string of the molecule is CCNCc1sc(N2CCC3CCCCC32)nc1C. The summed E-state index contributed by atoms with van der Waals surface area (Å²) < 4.78 is 0. The third kappa shape index (κ3) is 2.65. The Morgan fingerprint density at radius 3 is 3.00 bits per heavy atom. The van der Waals surface area contributed by atoms with Crippen LogP contribution in [0.4, 0.5) is 5.13 Å². The maximum Gasteiger partial charge on any atom is 0.186 e. The number of aromatic nitrogens is 1. The smallest absolute Gasteiger partial charge is 0.186 e. The van der Waals surface area contributed by atoms with Gasteiger partial charge in [-0.15, -0.1) is 11.3 Å². The molecular formula is C15H25N3S. The average Bonchev–Trinajstić information content (AvgIpc) is 3.00. The predicted molar refractivity (Wildman–Crippen MR) is 81.9 cm³/mol. The summed E-state index contributed by atoms with van der Waals surface area (Å²) in [6, 6.07) is 0.784. The minimum absolute atomic E-state index is 0.784. The zero-order valence-electron chi connectivity index (χ0n) is 12.1. The van der Waals surface area contributed by atoms with Crippen LogP contribution in [0, 0.1) is 12.8 Å². The topological polar surface area (TPSA) is 28.2 Å². The first-order chi connectivity index (χ1) is 9.29. The summed E-state index contributed by atoms with van der Waals surface area (Å²) in [6.45, 7) is 7.54. The third-order valence-corrected chi connectivity index (χ3v) is 5.87. The number of aryl methyl sites for hydroxylation is 1. The summed E-state index contributed by atoms with van der Waals surface area (Å²) in [5.41, 5.74) is 1.22. The highest BCUT2D eigenvalue weighted by molar-refractivity contribution is 7.15. The molecule has 3 rings (SSSR count). The van der Waals surface area contributed by atoms with Crippen molar-refractivity contribution in [1.29, 1.82) is 0 Å². The molecular weight excluding hydrogens is 254 g/mol. The summed E-state index contributed by atoms with van der Waals surface area (Å²) in [5.74, 6) is 0.940. The number of hydrogen-bond acceptors (Lipinski definition) is 4. The second-order valence-corrected chi connectivity index (χ2v) is 6.94. The Balaban J connectivity index is 1.75. The van der Waals surface area contributed by atoms with E-state index in [4.69, 9.17) is 4.98 Å². The molecule has 0 amide bonds. The largest absolute Gasteiger partial charge is 0.345 e. The van der Waals surface area contributed by atoms with Crippen molar-refractivity contribution < 1.29 is 0 Å². The fourth-order valence-corrected chi connectivity index (χ4v) is 4.70. The van der Waals surface area contributed by atoms with Gasteiger partial charge in [0.05, 0.1) is 5.69 Å². The van der Waals surface area contributed by atoms with E-state index >= 15 is 0 Å². The van der Waals surface area contributed by atoms with Crippen molar-refractivity contribution in [3.8, 4) is 0 Å². The van der Waals surface area contributed by atoms with Crippen LogP contribution in [-0.4, -0.2) is 24.1 Å². The molecule has 2 aliphatic rings. The van der Waals surface area contributed by atoms with Gasteiger partial charge in [0.1, 0.15) is 0 Å². The quantitative estimate of drug-likeness (QED) is 0.916. The number of fused-ring (bicyclic) bond motifs is 1. The Bertz CT molecular complexity index is 429. The van der Waals surface area contributed by atoms with Gasteiger partial charge in [0.2, 0.25) is 0 Å². The zero-order chi connectivity index (χ0) is 13.2. The average molecular weight is 279 g/mol. The summed E-state index contributed by atoms with van der Waals surface area (Å²) in [6.07, 6.45) is 7.05. The van der Waals surface area contributed by atoms with Gasteiger partial charge in [-0.2, -0.15) is 0 Å². The van der Waals surface area contributed by atoms with Crippen LogP contribution in [0.5, 0.6) is 0 Å². The molecule has 2 fully saturated rings. The van der Waals surface area contributed by atoms with Crippen LogP contribution in [0.15, 0.2) is 0 Å². The molecule has 3 nitrogen and oxygen atoms in total. The van der Waals surface area contributed by atoms with Crippen LogP contribution in [0.1, 0.15) is 49.6 Å². The molecule has 4 heteroatoms. The Kier molecular flexibility index (Phi) is 4.08. The van der Waals surface area contributed by atoms with E-state index in [-0.39, 0.29) is 0 Å². The highest BCUT2D eigenvalue weighted by Crippen LogP contribution is 2.40. The molecule has 2 heterocycles. The van der Waals surface area contributed by atoms with E-state index in [1.54, 1.807) is 0 Å². The van der Waals surface area contributed by atoms with E-state index in [0.717, 1.165) is 25.0 Å². The van der Waals surface area contributed by atoms with Gasteiger partial charge < -0.3 is 10.2 Å². The lowest BCUT2D eigenvalue weighted by Crippen LogP contribution is -2.34. The molecule has 1 aliphatic carbocycles. The summed E-state index contributed by atoms with van der Waals surface area (Å²) in [7, 11) is 0. The van der Waals surface area contributed by atoms with Crippen LogP contribution < -0.4 is 10.2 Å². The number of rotatable bonds is 4. The molecule has 0 aromatic carbocycles. The zero-order valence-corrected chi connectivity index (χ0v) is 12.9. The predicted octanol–water partition coefficient (Wildman–Crippen LogP) is 3.33. The number of hydrogen-bond donors (Lipinski definition) is 1. The van der Waals surface area contributed by atoms with Gasteiger partial charge >= 0.3 is 0 Å². The maximum absolute atomic E-state index is 4.84. The van der Waals surface area contributed by atoms with Gasteiger partial charge in [-0.3, -0.25) is 0 Å². The summed E-state index contributed by atoms with van der Waals surface area (Å²) in [5, 5.41) is 4.70. The van der Waals surface area contributed by atoms with Gasteiger partial charge in [0.15, 0.2) is 5.13 Å². The fourth-order valence-electron chi connectivity index (χ4n) is 3.58. The van der Waals surface area contributed by atoms with Gasteiger partial charge in [0.25, 0.3) is 0 Å². The Morgan fingerprint density at radius 2 is 2.16 bits per heavy atom. The molecule has 1 N–H and O–H groups in total. The second-order valence-electron chi connectivity index (χ2n) is 5.88. The van der Waals surface area contributed by atoms with Crippen molar-refractivity contribution in [2.45, 2.75) is 58.5 Å².